The van der Waals surface area contributed by atoms with Crippen molar-refractivity contribution in [3.05, 3.63) is 0 Å². The van der Waals surface area contributed by atoms with Crippen molar-refractivity contribution in [1.29, 1.82) is 0 Å². The van der Waals surface area contributed by atoms with Crippen LogP contribution in [0.25, 0.3) is 0 Å². The fourth-order valence-corrected chi connectivity index (χ4v) is 0.711. The highest BCUT2D eigenvalue weighted by Gasteiger charge is 2.49. The normalized spacial score (nSPS) is 18.0. The highest BCUT2D eigenvalue weighted by molar-refractivity contribution is 4.81. The SMILES string of the molecule is CC(C)CCC(C)(O)C(F)(F)F. The Morgan fingerprint density at radius 2 is 1.67 bits per heavy atom. The lowest BCUT2D eigenvalue weighted by atomic mass is 9.95. The molecule has 0 heterocycles. The van der Waals surface area contributed by atoms with Crippen LogP contribution in [0.2, 0.25) is 0 Å². The highest BCUT2D eigenvalue weighted by atomic mass is 19.4. The van der Waals surface area contributed by atoms with Gasteiger partial charge in [0.25, 0.3) is 0 Å². The standard InChI is InChI=1S/C8H15F3O/c1-6(2)4-5-7(3,12)8(9,10)11/h6,12H,4-5H2,1-3H3. The molecule has 0 bridgehead atoms. The number of aliphatic hydroxyl groups is 1. The van der Waals surface area contributed by atoms with Crippen molar-refractivity contribution in [3.63, 3.8) is 0 Å². The smallest absolute Gasteiger partial charge is 0.381 e. The highest BCUT2D eigenvalue weighted by Crippen LogP contribution is 2.34. The summed E-state index contributed by atoms with van der Waals surface area (Å²) in [5.74, 6) is 0.179. The summed E-state index contributed by atoms with van der Waals surface area (Å²) in [6.07, 6.45) is -4.36. The summed E-state index contributed by atoms with van der Waals surface area (Å²) in [4.78, 5) is 0. The summed E-state index contributed by atoms with van der Waals surface area (Å²) >= 11 is 0. The molecule has 0 aliphatic carbocycles. The van der Waals surface area contributed by atoms with Crippen LogP contribution < -0.4 is 0 Å². The number of halogens is 3. The molecule has 1 nitrogen and oxygen atoms in total. The van der Waals surface area contributed by atoms with Crippen LogP contribution in [0.15, 0.2) is 0 Å². The van der Waals surface area contributed by atoms with Crippen LogP contribution in [0.3, 0.4) is 0 Å². The molecular weight excluding hydrogens is 169 g/mol. The van der Waals surface area contributed by atoms with Gasteiger partial charge in [0, 0.05) is 0 Å². The lowest BCUT2D eigenvalue weighted by Crippen LogP contribution is -2.42. The van der Waals surface area contributed by atoms with Gasteiger partial charge in [-0.2, -0.15) is 13.2 Å². The summed E-state index contributed by atoms with van der Waals surface area (Å²) in [7, 11) is 0. The molecule has 0 aliphatic heterocycles. The summed E-state index contributed by atoms with van der Waals surface area (Å²) in [6, 6.07) is 0. The van der Waals surface area contributed by atoms with Crippen molar-refractivity contribution in [2.45, 2.75) is 45.4 Å². The van der Waals surface area contributed by atoms with Crippen LogP contribution in [0.4, 0.5) is 13.2 Å². The first-order valence-electron chi connectivity index (χ1n) is 3.96. The predicted molar refractivity (Wildman–Crippen MR) is 40.8 cm³/mol. The third kappa shape index (κ3) is 3.43. The molecule has 0 radical (unpaired) electrons. The van der Waals surface area contributed by atoms with Gasteiger partial charge in [-0.25, -0.2) is 0 Å². The number of hydrogen-bond donors (Lipinski definition) is 1. The van der Waals surface area contributed by atoms with Crippen LogP contribution in [0.1, 0.15) is 33.6 Å². The van der Waals surface area contributed by atoms with E-state index < -0.39 is 11.8 Å². The minimum Gasteiger partial charge on any atom is -0.381 e. The second kappa shape index (κ2) is 3.64. The number of hydrogen-bond acceptors (Lipinski definition) is 1. The minimum atomic E-state index is -4.51. The molecule has 0 aromatic rings. The van der Waals surface area contributed by atoms with Gasteiger partial charge in [-0.3, -0.25) is 0 Å². The van der Waals surface area contributed by atoms with Gasteiger partial charge < -0.3 is 5.11 Å². The van der Waals surface area contributed by atoms with Crippen molar-refractivity contribution in [3.8, 4) is 0 Å². The van der Waals surface area contributed by atoms with E-state index in [0.29, 0.717) is 6.42 Å². The monoisotopic (exact) mass is 184 g/mol. The van der Waals surface area contributed by atoms with Crippen molar-refractivity contribution in [2.24, 2.45) is 5.92 Å². The van der Waals surface area contributed by atoms with Gasteiger partial charge in [0.1, 0.15) is 0 Å². The minimum absolute atomic E-state index is 0.179. The molecule has 0 fully saturated rings. The quantitative estimate of drug-likeness (QED) is 0.715. The van der Waals surface area contributed by atoms with E-state index in [0.717, 1.165) is 6.92 Å². The second-order valence-corrected chi connectivity index (χ2v) is 3.70. The fourth-order valence-electron chi connectivity index (χ4n) is 0.711. The van der Waals surface area contributed by atoms with Gasteiger partial charge in [-0.15, -0.1) is 0 Å². The van der Waals surface area contributed by atoms with Crippen molar-refractivity contribution < 1.29 is 18.3 Å². The zero-order chi connectivity index (χ0) is 9.99. The van der Waals surface area contributed by atoms with E-state index >= 15 is 0 Å². The average molecular weight is 184 g/mol. The topological polar surface area (TPSA) is 20.2 Å². The van der Waals surface area contributed by atoms with Gasteiger partial charge in [0.05, 0.1) is 0 Å². The van der Waals surface area contributed by atoms with E-state index in [4.69, 9.17) is 5.11 Å². The average Bonchev–Trinajstić information content (AvgIpc) is 1.81. The van der Waals surface area contributed by atoms with Crippen LogP contribution >= 0.6 is 0 Å². The summed E-state index contributed by atoms with van der Waals surface area (Å²) in [5, 5.41) is 8.97. The molecule has 74 valence electrons. The third-order valence-corrected chi connectivity index (χ3v) is 1.82. The molecule has 0 rings (SSSR count). The Bertz CT molecular complexity index is 138. The van der Waals surface area contributed by atoms with E-state index in [-0.39, 0.29) is 12.3 Å². The molecule has 4 heteroatoms. The van der Waals surface area contributed by atoms with Crippen LogP contribution in [-0.2, 0) is 0 Å². The Labute approximate surface area is 70.6 Å². The number of rotatable bonds is 3. The first kappa shape index (κ1) is 11.8. The molecule has 12 heavy (non-hydrogen) atoms. The Kier molecular flexibility index (Phi) is 3.57. The van der Waals surface area contributed by atoms with Gasteiger partial charge in [0.15, 0.2) is 5.60 Å². The first-order valence-corrected chi connectivity index (χ1v) is 3.96. The largest absolute Gasteiger partial charge is 0.416 e. The van der Waals surface area contributed by atoms with E-state index in [2.05, 4.69) is 0 Å². The molecule has 0 aromatic carbocycles. The van der Waals surface area contributed by atoms with E-state index in [1.165, 1.54) is 0 Å². The maximum atomic E-state index is 12.0. The molecule has 0 saturated heterocycles. The van der Waals surface area contributed by atoms with Crippen molar-refractivity contribution >= 4 is 0 Å². The Morgan fingerprint density at radius 3 is 1.92 bits per heavy atom. The summed E-state index contributed by atoms with van der Waals surface area (Å²) in [5.41, 5.74) is -2.53. The molecule has 0 amide bonds. The Morgan fingerprint density at radius 1 is 1.25 bits per heavy atom. The van der Waals surface area contributed by atoms with Gasteiger partial charge in [-0.1, -0.05) is 13.8 Å². The molecular formula is C8H15F3O. The van der Waals surface area contributed by atoms with Crippen molar-refractivity contribution in [1.82, 2.24) is 0 Å². The van der Waals surface area contributed by atoms with Crippen LogP contribution in [-0.4, -0.2) is 16.9 Å². The predicted octanol–water partition coefficient (Wildman–Crippen LogP) is 2.74. The lowest BCUT2D eigenvalue weighted by Gasteiger charge is -2.26. The van der Waals surface area contributed by atoms with Crippen molar-refractivity contribution in [2.75, 3.05) is 0 Å². The van der Waals surface area contributed by atoms with E-state index in [9.17, 15) is 13.2 Å². The second-order valence-electron chi connectivity index (χ2n) is 3.70. The zero-order valence-electron chi connectivity index (χ0n) is 7.57. The summed E-state index contributed by atoms with van der Waals surface area (Å²) in [6.45, 7) is 4.47. The molecule has 0 spiro atoms. The van der Waals surface area contributed by atoms with Crippen LogP contribution in [0.5, 0.6) is 0 Å². The molecule has 1 N–H and O–H groups in total. The fraction of sp³-hybridized carbons (Fsp3) is 1.00. The van der Waals surface area contributed by atoms with Gasteiger partial charge in [0.2, 0.25) is 0 Å². The molecule has 0 saturated carbocycles. The maximum absolute atomic E-state index is 12.0. The molecule has 1 atom stereocenters. The summed E-state index contributed by atoms with van der Waals surface area (Å²) < 4.78 is 36.1. The van der Waals surface area contributed by atoms with E-state index in [1.54, 1.807) is 0 Å². The van der Waals surface area contributed by atoms with Gasteiger partial charge in [-0.05, 0) is 25.7 Å². The Hall–Kier alpha value is -0.250. The zero-order valence-corrected chi connectivity index (χ0v) is 7.57. The van der Waals surface area contributed by atoms with Gasteiger partial charge >= 0.3 is 6.18 Å². The maximum Gasteiger partial charge on any atom is 0.416 e. The first-order chi connectivity index (χ1) is 5.17. The molecule has 0 aromatic heterocycles. The third-order valence-electron chi connectivity index (χ3n) is 1.82. The van der Waals surface area contributed by atoms with Crippen LogP contribution in [0, 0.1) is 5.92 Å². The molecule has 1 unspecified atom stereocenters. The number of alkyl halides is 3. The lowest BCUT2D eigenvalue weighted by molar-refractivity contribution is -0.255. The van der Waals surface area contributed by atoms with E-state index in [1.807, 2.05) is 13.8 Å². The Balaban J connectivity index is 4.05. The molecule has 0 aliphatic rings.